The quantitative estimate of drug-likeness (QED) is 0.171. The minimum Gasteiger partial charge on any atom is -0.455 e. The summed E-state index contributed by atoms with van der Waals surface area (Å²) in [5.74, 6) is 1.71. The van der Waals surface area contributed by atoms with E-state index in [0.29, 0.717) is 17.5 Å². The van der Waals surface area contributed by atoms with Crippen LogP contribution in [0.4, 0.5) is 0 Å². The molecule has 0 bridgehead atoms. The van der Waals surface area contributed by atoms with E-state index in [4.69, 9.17) is 23.8 Å². The predicted molar refractivity (Wildman–Crippen MR) is 227 cm³/mol. The van der Waals surface area contributed by atoms with Gasteiger partial charge in [0.1, 0.15) is 22.3 Å². The zero-order valence-electron chi connectivity index (χ0n) is 30.1. The van der Waals surface area contributed by atoms with Gasteiger partial charge in [-0.25, -0.2) is 15.0 Å². The highest BCUT2D eigenvalue weighted by atomic mass is 16.3. The minimum absolute atomic E-state index is 0.550. The molecule has 0 N–H and O–H groups in total. The van der Waals surface area contributed by atoms with Gasteiger partial charge in [0.2, 0.25) is 0 Å². The molecule has 5 nitrogen and oxygen atoms in total. The molecule has 0 amide bonds. The first-order valence-electron chi connectivity index (χ1n) is 18.7. The van der Waals surface area contributed by atoms with Gasteiger partial charge in [0.05, 0.1) is 5.56 Å². The maximum Gasteiger partial charge on any atom is 0.167 e. The van der Waals surface area contributed by atoms with Crippen LogP contribution >= 0.6 is 0 Å². The highest BCUT2D eigenvalue weighted by Gasteiger charge is 2.19. The van der Waals surface area contributed by atoms with Gasteiger partial charge in [-0.1, -0.05) is 158 Å². The van der Waals surface area contributed by atoms with Crippen molar-refractivity contribution in [2.75, 3.05) is 0 Å². The Balaban J connectivity index is 0.985. The first-order valence-corrected chi connectivity index (χ1v) is 18.7. The zero-order chi connectivity index (χ0) is 37.0. The molecule has 3 aromatic heterocycles. The molecule has 0 fully saturated rings. The van der Waals surface area contributed by atoms with E-state index in [-0.39, 0.29) is 0 Å². The summed E-state index contributed by atoms with van der Waals surface area (Å²) in [4.78, 5) is 15.1. The topological polar surface area (TPSA) is 65.0 Å². The number of rotatable bonds is 6. The summed E-state index contributed by atoms with van der Waals surface area (Å²) < 4.78 is 13.0. The number of aromatic nitrogens is 3. The molecule has 0 radical (unpaired) electrons. The molecule has 0 atom stereocenters. The molecule has 56 heavy (non-hydrogen) atoms. The first-order chi connectivity index (χ1) is 27.7. The average molecular weight is 718 g/mol. The van der Waals surface area contributed by atoms with E-state index < -0.39 is 0 Å². The lowest BCUT2D eigenvalue weighted by Crippen LogP contribution is -2.00. The van der Waals surface area contributed by atoms with Gasteiger partial charge in [0.25, 0.3) is 0 Å². The Hall–Kier alpha value is -7.63. The van der Waals surface area contributed by atoms with Crippen LogP contribution in [0.15, 0.2) is 197 Å². The molecule has 0 aliphatic rings. The highest BCUT2D eigenvalue weighted by molar-refractivity contribution is 6.11. The van der Waals surface area contributed by atoms with Crippen LogP contribution in [0.3, 0.4) is 0 Å². The smallest absolute Gasteiger partial charge is 0.167 e. The molecule has 11 rings (SSSR count). The lowest BCUT2D eigenvalue weighted by Gasteiger charge is -2.09. The van der Waals surface area contributed by atoms with Crippen molar-refractivity contribution in [2.45, 2.75) is 0 Å². The molecule has 262 valence electrons. The van der Waals surface area contributed by atoms with E-state index >= 15 is 0 Å². The lowest BCUT2D eigenvalue weighted by atomic mass is 9.97. The van der Waals surface area contributed by atoms with Crippen molar-refractivity contribution in [2.24, 2.45) is 0 Å². The highest BCUT2D eigenvalue weighted by Crippen LogP contribution is 2.39. The summed E-state index contributed by atoms with van der Waals surface area (Å²) >= 11 is 0. The normalized spacial score (nSPS) is 11.6. The molecule has 0 aliphatic carbocycles. The Morgan fingerprint density at radius 2 is 0.714 bits per heavy atom. The van der Waals surface area contributed by atoms with Crippen LogP contribution in [0.1, 0.15) is 0 Å². The molecule has 0 spiro atoms. The number of hydrogen-bond acceptors (Lipinski definition) is 5. The van der Waals surface area contributed by atoms with Gasteiger partial charge >= 0.3 is 0 Å². The summed E-state index contributed by atoms with van der Waals surface area (Å²) in [6, 6.07) is 64.7. The van der Waals surface area contributed by atoms with Gasteiger partial charge in [-0.15, -0.1) is 0 Å². The fourth-order valence-corrected chi connectivity index (χ4v) is 7.76. The summed E-state index contributed by atoms with van der Waals surface area (Å²) in [7, 11) is 0. The number of fused-ring (bicyclic) bond motifs is 6. The maximum absolute atomic E-state index is 6.60. The Kier molecular flexibility index (Phi) is 7.42. The van der Waals surface area contributed by atoms with Crippen LogP contribution < -0.4 is 0 Å². The van der Waals surface area contributed by atoms with E-state index in [1.807, 2.05) is 78.9 Å². The van der Waals surface area contributed by atoms with E-state index in [1.54, 1.807) is 0 Å². The lowest BCUT2D eigenvalue weighted by molar-refractivity contribution is 0.669. The van der Waals surface area contributed by atoms with Crippen molar-refractivity contribution in [3.63, 3.8) is 0 Å². The van der Waals surface area contributed by atoms with Crippen molar-refractivity contribution in [1.82, 2.24) is 15.0 Å². The van der Waals surface area contributed by atoms with Crippen LogP contribution in [0.25, 0.3) is 111 Å². The molecule has 0 aliphatic heterocycles. The standard InChI is InChI=1S/C51H31N3O2/c1-3-11-32(12-4-1)33-21-23-34(24-22-33)35-25-27-36(28-26-35)39-16-9-18-42-44-31-38(29-30-46(44)56-47(39)42)50-52-49(37-13-5-2-6-14-37)53-51(54-50)43-19-10-17-41-40-15-7-8-20-45(40)55-48(41)43/h1-31H. The number of nitrogens with zero attached hydrogens (tertiary/aromatic N) is 3. The van der Waals surface area contributed by atoms with E-state index in [2.05, 4.69) is 109 Å². The molecule has 0 unspecified atom stereocenters. The summed E-state index contributed by atoms with van der Waals surface area (Å²) in [6.07, 6.45) is 0. The molecule has 5 heteroatoms. The third-order valence-electron chi connectivity index (χ3n) is 10.6. The van der Waals surface area contributed by atoms with Crippen LogP contribution in [0, 0.1) is 0 Å². The Morgan fingerprint density at radius 1 is 0.268 bits per heavy atom. The van der Waals surface area contributed by atoms with Crippen LogP contribution in [0.2, 0.25) is 0 Å². The number of para-hydroxylation sites is 3. The van der Waals surface area contributed by atoms with Crippen LogP contribution in [0.5, 0.6) is 0 Å². The Labute approximate surface area is 322 Å². The van der Waals surface area contributed by atoms with Crippen LogP contribution in [-0.4, -0.2) is 15.0 Å². The zero-order valence-corrected chi connectivity index (χ0v) is 30.1. The second kappa shape index (κ2) is 13.0. The molecule has 8 aromatic carbocycles. The molecular weight excluding hydrogens is 687 g/mol. The van der Waals surface area contributed by atoms with Gasteiger partial charge in [0, 0.05) is 38.2 Å². The third kappa shape index (κ3) is 5.45. The van der Waals surface area contributed by atoms with Crippen molar-refractivity contribution in [3.8, 4) is 67.5 Å². The van der Waals surface area contributed by atoms with E-state index in [9.17, 15) is 0 Å². The van der Waals surface area contributed by atoms with Crippen molar-refractivity contribution in [3.05, 3.63) is 188 Å². The molecule has 0 saturated heterocycles. The number of benzene rings is 8. The second-order valence-corrected chi connectivity index (χ2v) is 14.0. The van der Waals surface area contributed by atoms with Gasteiger partial charge in [-0.2, -0.15) is 0 Å². The van der Waals surface area contributed by atoms with Crippen molar-refractivity contribution in [1.29, 1.82) is 0 Å². The molecular formula is C51H31N3O2. The predicted octanol–water partition coefficient (Wildman–Crippen LogP) is 13.7. The molecule has 0 saturated carbocycles. The third-order valence-corrected chi connectivity index (χ3v) is 10.6. The monoisotopic (exact) mass is 717 g/mol. The van der Waals surface area contributed by atoms with Gasteiger partial charge in [-0.3, -0.25) is 0 Å². The van der Waals surface area contributed by atoms with E-state index in [0.717, 1.165) is 77.3 Å². The Bertz CT molecular complexity index is 3220. The van der Waals surface area contributed by atoms with Crippen molar-refractivity contribution < 1.29 is 8.83 Å². The van der Waals surface area contributed by atoms with Crippen molar-refractivity contribution >= 4 is 43.9 Å². The summed E-state index contributed by atoms with van der Waals surface area (Å²) in [5.41, 5.74) is 12.7. The second-order valence-electron chi connectivity index (χ2n) is 14.0. The van der Waals surface area contributed by atoms with E-state index in [1.165, 1.54) is 16.7 Å². The SMILES string of the molecule is c1ccc(-c2ccc(-c3ccc(-c4cccc5c4oc4ccc(-c6nc(-c7ccccc7)nc(-c7cccc8c7oc7ccccc78)n6)cc45)cc3)cc2)cc1. The average Bonchev–Trinajstić information content (AvgIpc) is 3.85. The molecule has 11 aromatic rings. The summed E-state index contributed by atoms with van der Waals surface area (Å²) in [5, 5.41) is 4.11. The summed E-state index contributed by atoms with van der Waals surface area (Å²) in [6.45, 7) is 0. The van der Waals surface area contributed by atoms with Gasteiger partial charge < -0.3 is 8.83 Å². The minimum atomic E-state index is 0.550. The first kappa shape index (κ1) is 31.9. The fourth-order valence-electron chi connectivity index (χ4n) is 7.76. The number of hydrogen-bond donors (Lipinski definition) is 0. The van der Waals surface area contributed by atoms with Gasteiger partial charge in [0.15, 0.2) is 17.5 Å². The van der Waals surface area contributed by atoms with Gasteiger partial charge in [-0.05, 0) is 58.1 Å². The number of furan rings is 2. The maximum atomic E-state index is 6.60. The fraction of sp³-hybridized carbons (Fsp3) is 0. The largest absolute Gasteiger partial charge is 0.455 e. The Morgan fingerprint density at radius 3 is 1.39 bits per heavy atom. The molecule has 3 heterocycles. The van der Waals surface area contributed by atoms with Crippen LogP contribution in [-0.2, 0) is 0 Å².